The van der Waals surface area contributed by atoms with Crippen molar-refractivity contribution in [1.82, 2.24) is 4.90 Å². The van der Waals surface area contributed by atoms with E-state index >= 15 is 0 Å². The Hall–Kier alpha value is -3.32. The number of ketones is 1. The Labute approximate surface area is 155 Å². The molecule has 0 spiro atoms. The fraction of sp³-hybridized carbons (Fsp3) is 0.200. The Kier molecular flexibility index (Phi) is 5.14. The normalized spacial score (nSPS) is 18.7. The van der Waals surface area contributed by atoms with E-state index in [0.29, 0.717) is 16.9 Å². The van der Waals surface area contributed by atoms with Crippen LogP contribution in [-0.4, -0.2) is 52.2 Å². The summed E-state index contributed by atoms with van der Waals surface area (Å²) in [6.45, 7) is -0.421. The monoisotopic (exact) mass is 369 g/mol. The first-order valence-electron chi connectivity index (χ1n) is 8.30. The predicted molar refractivity (Wildman–Crippen MR) is 97.2 cm³/mol. The predicted octanol–water partition coefficient (Wildman–Crippen LogP) is 1.81. The number of hydrogen-bond acceptors (Lipinski definition) is 6. The maximum absolute atomic E-state index is 12.6. The summed E-state index contributed by atoms with van der Waals surface area (Å²) < 4.78 is 5.08. The van der Waals surface area contributed by atoms with Crippen LogP contribution < -0.4 is 4.74 Å². The molecule has 1 atom stereocenters. The van der Waals surface area contributed by atoms with Crippen LogP contribution in [0.15, 0.2) is 54.1 Å². The van der Waals surface area contributed by atoms with E-state index in [0.717, 1.165) is 0 Å². The van der Waals surface area contributed by atoms with Crippen molar-refractivity contribution in [2.24, 2.45) is 0 Å². The van der Waals surface area contributed by atoms with Crippen molar-refractivity contribution in [1.29, 1.82) is 0 Å². The minimum atomic E-state index is -0.911. The van der Waals surface area contributed by atoms with E-state index in [1.165, 1.54) is 24.1 Å². The second-order valence-electron chi connectivity index (χ2n) is 6.04. The summed E-state index contributed by atoms with van der Waals surface area (Å²) in [6.07, 6.45) is 0. The van der Waals surface area contributed by atoms with E-state index in [4.69, 9.17) is 4.74 Å². The number of rotatable bonds is 5. The third-order valence-corrected chi connectivity index (χ3v) is 4.43. The number of ether oxygens (including phenoxy) is 1. The summed E-state index contributed by atoms with van der Waals surface area (Å²) in [5.74, 6) is -1.44. The van der Waals surface area contributed by atoms with E-state index < -0.39 is 17.7 Å². The third-order valence-electron chi connectivity index (χ3n) is 4.43. The number of phenols is 1. The van der Waals surface area contributed by atoms with Crippen LogP contribution in [0.5, 0.6) is 11.5 Å². The molecule has 1 heterocycles. The van der Waals surface area contributed by atoms with Crippen molar-refractivity contribution in [3.05, 3.63) is 65.2 Å². The number of carbonyl (C=O) groups is 2. The van der Waals surface area contributed by atoms with Gasteiger partial charge in [-0.15, -0.1) is 0 Å². The number of aliphatic hydroxyl groups excluding tert-OH is 2. The van der Waals surface area contributed by atoms with Crippen molar-refractivity contribution >= 4 is 17.4 Å². The fourth-order valence-corrected chi connectivity index (χ4v) is 3.16. The lowest BCUT2D eigenvalue weighted by Crippen LogP contribution is -2.32. The summed E-state index contributed by atoms with van der Waals surface area (Å²) in [6, 6.07) is 11.6. The molecule has 2 aromatic rings. The van der Waals surface area contributed by atoms with Crippen LogP contribution in [0.1, 0.15) is 17.2 Å². The largest absolute Gasteiger partial charge is 0.508 e. The molecule has 0 unspecified atom stereocenters. The van der Waals surface area contributed by atoms with Gasteiger partial charge in [0, 0.05) is 12.1 Å². The number of amides is 1. The number of benzene rings is 2. The first kappa shape index (κ1) is 18.5. The number of carbonyl (C=O) groups excluding carboxylic acids is 2. The van der Waals surface area contributed by atoms with E-state index in [1.54, 1.807) is 36.4 Å². The minimum absolute atomic E-state index is 0.0356. The van der Waals surface area contributed by atoms with Crippen molar-refractivity contribution < 1.29 is 29.6 Å². The zero-order chi connectivity index (χ0) is 19.6. The molecule has 7 nitrogen and oxygen atoms in total. The van der Waals surface area contributed by atoms with Gasteiger partial charge in [0.2, 0.25) is 0 Å². The van der Waals surface area contributed by atoms with Crippen LogP contribution >= 0.6 is 0 Å². The third kappa shape index (κ3) is 3.37. The number of nitrogens with zero attached hydrogens (tertiary/aromatic N) is 1. The molecule has 0 saturated carbocycles. The molecule has 1 aliphatic heterocycles. The lowest BCUT2D eigenvalue weighted by atomic mass is 9.95. The number of phenolic OH excluding ortho intramolecular Hbond substituents is 1. The summed E-state index contributed by atoms with van der Waals surface area (Å²) >= 11 is 0. The highest BCUT2D eigenvalue weighted by Gasteiger charge is 2.45. The average molecular weight is 369 g/mol. The lowest BCUT2D eigenvalue weighted by Gasteiger charge is -2.24. The summed E-state index contributed by atoms with van der Waals surface area (Å²) in [7, 11) is 1.51. The van der Waals surface area contributed by atoms with Crippen molar-refractivity contribution in [3.8, 4) is 11.5 Å². The van der Waals surface area contributed by atoms with Gasteiger partial charge in [-0.3, -0.25) is 9.59 Å². The zero-order valence-corrected chi connectivity index (χ0v) is 14.6. The van der Waals surface area contributed by atoms with E-state index in [-0.39, 0.29) is 30.2 Å². The summed E-state index contributed by atoms with van der Waals surface area (Å²) in [5, 5.41) is 29.9. The van der Waals surface area contributed by atoms with E-state index in [9.17, 15) is 24.9 Å². The minimum Gasteiger partial charge on any atom is -0.508 e. The van der Waals surface area contributed by atoms with Crippen LogP contribution in [0, 0.1) is 0 Å². The number of hydrogen-bond donors (Lipinski definition) is 3. The maximum atomic E-state index is 12.6. The molecule has 0 aromatic heterocycles. The number of β-amino-alcohol motifs (C(OH)–C–C–N with tert-alkyl or cyclic N) is 1. The zero-order valence-electron chi connectivity index (χ0n) is 14.6. The topological polar surface area (TPSA) is 107 Å². The van der Waals surface area contributed by atoms with Crippen LogP contribution in [0.4, 0.5) is 0 Å². The number of Topliss-reactive ketones (excluding diaryl/α,β-unsaturated/α-hetero) is 1. The highest BCUT2D eigenvalue weighted by Crippen LogP contribution is 2.40. The van der Waals surface area contributed by atoms with Gasteiger partial charge in [0.15, 0.2) is 0 Å². The van der Waals surface area contributed by atoms with E-state index in [2.05, 4.69) is 0 Å². The molecule has 1 fully saturated rings. The van der Waals surface area contributed by atoms with Crippen LogP contribution in [0.2, 0.25) is 0 Å². The Balaban J connectivity index is 2.16. The van der Waals surface area contributed by atoms with Gasteiger partial charge in [-0.1, -0.05) is 12.1 Å². The first-order valence-corrected chi connectivity index (χ1v) is 8.30. The van der Waals surface area contributed by atoms with Gasteiger partial charge in [-0.2, -0.15) is 0 Å². The molecule has 0 aliphatic carbocycles. The molecule has 1 aliphatic rings. The molecule has 2 aromatic carbocycles. The Morgan fingerprint density at radius 2 is 1.85 bits per heavy atom. The van der Waals surface area contributed by atoms with Crippen LogP contribution in [0.25, 0.3) is 5.76 Å². The Bertz CT molecular complexity index is 903. The number of methoxy groups -OCH3 is 1. The smallest absolute Gasteiger partial charge is 0.295 e. The van der Waals surface area contributed by atoms with Crippen LogP contribution in [-0.2, 0) is 9.59 Å². The van der Waals surface area contributed by atoms with Gasteiger partial charge in [0.1, 0.15) is 17.3 Å². The first-order chi connectivity index (χ1) is 13.0. The molecule has 27 heavy (non-hydrogen) atoms. The molecular weight excluding hydrogens is 350 g/mol. The molecular formula is C20H19NO6. The van der Waals surface area contributed by atoms with E-state index in [1.807, 2.05) is 0 Å². The molecule has 7 heteroatoms. The Morgan fingerprint density at radius 1 is 1.15 bits per heavy atom. The number of aliphatic hydroxyl groups is 2. The second-order valence-corrected chi connectivity index (χ2v) is 6.04. The number of likely N-dealkylation sites (tertiary alicyclic amines) is 1. The highest BCUT2D eigenvalue weighted by molar-refractivity contribution is 6.46. The highest BCUT2D eigenvalue weighted by atomic mass is 16.5. The van der Waals surface area contributed by atoms with Gasteiger partial charge < -0.3 is 25.0 Å². The molecule has 3 rings (SSSR count). The van der Waals surface area contributed by atoms with Crippen LogP contribution in [0.3, 0.4) is 0 Å². The van der Waals surface area contributed by atoms with Gasteiger partial charge in [-0.05, 0) is 42.0 Å². The summed E-state index contributed by atoms with van der Waals surface area (Å²) in [4.78, 5) is 26.3. The standard InChI is InChI=1S/C20H19NO6/c1-27-15-7-5-12(6-8-15)18(24)16-17(13-3-2-4-14(23)11-13)21(9-10-22)20(26)19(16)25/h2-8,11,17,22-24H,9-10H2,1H3/b18-16+/t17-/m1/s1. The van der Waals surface area contributed by atoms with Crippen molar-refractivity contribution in [2.75, 3.05) is 20.3 Å². The Morgan fingerprint density at radius 3 is 2.44 bits per heavy atom. The molecule has 0 bridgehead atoms. The van der Waals surface area contributed by atoms with Gasteiger partial charge >= 0.3 is 0 Å². The lowest BCUT2D eigenvalue weighted by molar-refractivity contribution is -0.140. The molecule has 0 radical (unpaired) electrons. The molecule has 1 amide bonds. The van der Waals surface area contributed by atoms with Crippen molar-refractivity contribution in [2.45, 2.75) is 6.04 Å². The number of aromatic hydroxyl groups is 1. The maximum Gasteiger partial charge on any atom is 0.295 e. The SMILES string of the molecule is COc1ccc(/C(O)=C2\C(=O)C(=O)N(CCO)[C@@H]2c2cccc(O)c2)cc1. The fourth-order valence-electron chi connectivity index (χ4n) is 3.16. The molecule has 140 valence electrons. The second kappa shape index (κ2) is 7.51. The van der Waals surface area contributed by atoms with Gasteiger partial charge in [-0.25, -0.2) is 0 Å². The van der Waals surface area contributed by atoms with Gasteiger partial charge in [0.05, 0.1) is 25.3 Å². The van der Waals surface area contributed by atoms with Crippen molar-refractivity contribution in [3.63, 3.8) is 0 Å². The quantitative estimate of drug-likeness (QED) is 0.422. The average Bonchev–Trinajstić information content (AvgIpc) is 2.93. The van der Waals surface area contributed by atoms with Gasteiger partial charge in [0.25, 0.3) is 11.7 Å². The summed E-state index contributed by atoms with van der Waals surface area (Å²) in [5.41, 5.74) is 0.713. The molecule has 3 N–H and O–H groups in total. The molecule has 1 saturated heterocycles.